The molecule has 0 aliphatic heterocycles. The average molecular weight is 292 g/mol. The summed E-state index contributed by atoms with van der Waals surface area (Å²) >= 11 is 0. The van der Waals surface area contributed by atoms with Gasteiger partial charge < -0.3 is 11.1 Å². The number of aromatic nitrogens is 2. The first-order valence-electron chi connectivity index (χ1n) is 7.74. The van der Waals surface area contributed by atoms with Crippen LogP contribution in [0.15, 0.2) is 6.20 Å². The van der Waals surface area contributed by atoms with Crippen LogP contribution in [0.2, 0.25) is 0 Å². The van der Waals surface area contributed by atoms with Crippen molar-refractivity contribution in [1.29, 1.82) is 0 Å². The molecule has 1 amide bonds. The molecule has 2 rings (SSSR count). The van der Waals surface area contributed by atoms with E-state index >= 15 is 0 Å². The molecule has 0 bridgehead atoms. The zero-order chi connectivity index (χ0) is 15.8. The van der Waals surface area contributed by atoms with Crippen LogP contribution in [0.3, 0.4) is 0 Å². The summed E-state index contributed by atoms with van der Waals surface area (Å²) in [6.07, 6.45) is 2.53. The van der Waals surface area contributed by atoms with E-state index in [0.717, 1.165) is 25.2 Å². The Morgan fingerprint density at radius 3 is 2.52 bits per heavy atom. The maximum absolute atomic E-state index is 12.3. The number of carbonyl (C=O) groups excluding carboxylic acids is 1. The Hall–Kier alpha value is -1.36. The first-order chi connectivity index (χ1) is 9.73. The summed E-state index contributed by atoms with van der Waals surface area (Å²) in [7, 11) is 0. The van der Waals surface area contributed by atoms with Gasteiger partial charge in [0.05, 0.1) is 11.8 Å². The lowest BCUT2D eigenvalue weighted by Gasteiger charge is -2.07. The first kappa shape index (κ1) is 16.0. The third-order valence-electron chi connectivity index (χ3n) is 5.71. The van der Waals surface area contributed by atoms with E-state index in [0.29, 0.717) is 28.9 Å². The second-order valence-corrected chi connectivity index (χ2v) is 7.22. The summed E-state index contributed by atoms with van der Waals surface area (Å²) in [5.74, 6) is 0.506. The maximum atomic E-state index is 12.3. The van der Waals surface area contributed by atoms with Crippen molar-refractivity contribution in [3.63, 3.8) is 0 Å². The van der Waals surface area contributed by atoms with Crippen molar-refractivity contribution in [2.45, 2.75) is 47.6 Å². The first-order valence-corrected chi connectivity index (χ1v) is 7.74. The van der Waals surface area contributed by atoms with Crippen molar-refractivity contribution < 1.29 is 4.79 Å². The molecule has 1 aromatic heterocycles. The molecule has 21 heavy (non-hydrogen) atoms. The molecule has 5 heteroatoms. The van der Waals surface area contributed by atoms with Crippen molar-refractivity contribution >= 4 is 5.91 Å². The number of nitrogens with one attached hydrogen (secondary N) is 1. The van der Waals surface area contributed by atoms with Crippen molar-refractivity contribution in [3.8, 4) is 0 Å². The van der Waals surface area contributed by atoms with Crippen LogP contribution in [-0.4, -0.2) is 28.8 Å². The highest BCUT2D eigenvalue weighted by molar-refractivity contribution is 5.95. The predicted molar refractivity (Wildman–Crippen MR) is 84.0 cm³/mol. The molecule has 1 saturated carbocycles. The van der Waals surface area contributed by atoms with Gasteiger partial charge in [0.15, 0.2) is 0 Å². The van der Waals surface area contributed by atoms with Gasteiger partial charge in [-0.05, 0) is 36.6 Å². The highest BCUT2D eigenvalue weighted by Gasteiger charge is 2.64. The molecule has 0 unspecified atom stereocenters. The van der Waals surface area contributed by atoms with Crippen LogP contribution in [-0.2, 0) is 6.54 Å². The normalized spacial score (nSPS) is 19.5. The highest BCUT2D eigenvalue weighted by atomic mass is 16.1. The van der Waals surface area contributed by atoms with Gasteiger partial charge in [-0.15, -0.1) is 0 Å². The molecule has 1 fully saturated rings. The van der Waals surface area contributed by atoms with E-state index in [2.05, 4.69) is 38.1 Å². The lowest BCUT2D eigenvalue weighted by molar-refractivity contribution is 0.0949. The van der Waals surface area contributed by atoms with Gasteiger partial charge in [-0.3, -0.25) is 9.48 Å². The summed E-state index contributed by atoms with van der Waals surface area (Å²) < 4.78 is 1.85. The molecule has 0 saturated heterocycles. The molecule has 3 N–H and O–H groups in total. The molecule has 0 spiro atoms. The lowest BCUT2D eigenvalue weighted by atomic mass is 10.0. The Labute approximate surface area is 127 Å². The van der Waals surface area contributed by atoms with Crippen LogP contribution in [0.25, 0.3) is 0 Å². The summed E-state index contributed by atoms with van der Waals surface area (Å²) in [6.45, 7) is 13.1. The third-order valence-corrected chi connectivity index (χ3v) is 5.71. The molecule has 0 atom stereocenters. The Kier molecular flexibility index (Phi) is 4.15. The van der Waals surface area contributed by atoms with E-state index in [1.807, 2.05) is 11.6 Å². The summed E-state index contributed by atoms with van der Waals surface area (Å²) in [4.78, 5) is 12.3. The van der Waals surface area contributed by atoms with Crippen LogP contribution in [0.4, 0.5) is 0 Å². The smallest absolute Gasteiger partial charge is 0.254 e. The Morgan fingerprint density at radius 1 is 1.38 bits per heavy atom. The molecular formula is C16H28N4O. The van der Waals surface area contributed by atoms with Gasteiger partial charge in [-0.2, -0.15) is 5.10 Å². The summed E-state index contributed by atoms with van der Waals surface area (Å²) in [5.41, 5.74) is 7.68. The largest absolute Gasteiger partial charge is 0.352 e. The minimum absolute atomic E-state index is 0.0231. The van der Waals surface area contributed by atoms with E-state index in [1.54, 1.807) is 6.20 Å². The van der Waals surface area contributed by atoms with Gasteiger partial charge in [0.1, 0.15) is 0 Å². The number of carbonyl (C=O) groups is 1. The number of aryl methyl sites for hydroxylation is 1. The van der Waals surface area contributed by atoms with Crippen LogP contribution in [0.1, 0.15) is 50.2 Å². The molecule has 1 aliphatic rings. The van der Waals surface area contributed by atoms with Crippen molar-refractivity contribution in [1.82, 2.24) is 15.1 Å². The lowest BCUT2D eigenvalue weighted by Crippen LogP contribution is -2.27. The maximum Gasteiger partial charge on any atom is 0.254 e. The number of nitrogens with two attached hydrogens (primary N) is 1. The van der Waals surface area contributed by atoms with Gasteiger partial charge in [0.2, 0.25) is 0 Å². The molecule has 0 aromatic carbocycles. The molecule has 118 valence electrons. The topological polar surface area (TPSA) is 72.9 Å². The Bertz CT molecular complexity index is 516. The van der Waals surface area contributed by atoms with Crippen LogP contribution >= 0.6 is 0 Å². The van der Waals surface area contributed by atoms with Crippen molar-refractivity contribution in [3.05, 3.63) is 17.5 Å². The number of hydrogen-bond donors (Lipinski definition) is 2. The van der Waals surface area contributed by atoms with Crippen molar-refractivity contribution in [2.24, 2.45) is 22.5 Å². The number of nitrogens with zero attached hydrogens (tertiary/aromatic N) is 2. The fraction of sp³-hybridized carbons (Fsp3) is 0.750. The molecule has 0 radical (unpaired) electrons. The van der Waals surface area contributed by atoms with E-state index < -0.39 is 0 Å². The second kappa shape index (κ2) is 5.44. The zero-order valence-electron chi connectivity index (χ0n) is 13.9. The zero-order valence-corrected chi connectivity index (χ0v) is 13.9. The van der Waals surface area contributed by atoms with Gasteiger partial charge in [-0.25, -0.2) is 0 Å². The third kappa shape index (κ3) is 2.71. The Balaban J connectivity index is 1.94. The molecule has 1 aromatic rings. The number of hydrogen-bond acceptors (Lipinski definition) is 3. The van der Waals surface area contributed by atoms with Crippen molar-refractivity contribution in [2.75, 3.05) is 13.1 Å². The highest BCUT2D eigenvalue weighted by Crippen LogP contribution is 2.67. The predicted octanol–water partition coefficient (Wildman–Crippen LogP) is 1.95. The van der Waals surface area contributed by atoms with E-state index in [4.69, 9.17) is 5.73 Å². The quantitative estimate of drug-likeness (QED) is 0.841. The fourth-order valence-electron chi connectivity index (χ4n) is 3.27. The standard InChI is InChI=1S/C16H28N4O/c1-11-12(9-19-20(11)8-6-7-17)14(21)18-10-13-15(2,3)16(13,4)5/h9,13H,6-8,10,17H2,1-5H3,(H,18,21). The van der Waals surface area contributed by atoms with Crippen LogP contribution in [0.5, 0.6) is 0 Å². The Morgan fingerprint density at radius 2 is 2.00 bits per heavy atom. The van der Waals surface area contributed by atoms with Gasteiger partial charge >= 0.3 is 0 Å². The van der Waals surface area contributed by atoms with E-state index in [9.17, 15) is 4.79 Å². The minimum atomic E-state index is -0.0231. The van der Waals surface area contributed by atoms with Gasteiger partial charge in [-0.1, -0.05) is 27.7 Å². The molecular weight excluding hydrogens is 264 g/mol. The SMILES string of the molecule is Cc1c(C(=O)NCC2C(C)(C)C2(C)C)cnn1CCCN. The molecule has 1 heterocycles. The second-order valence-electron chi connectivity index (χ2n) is 7.22. The molecule has 1 aliphatic carbocycles. The minimum Gasteiger partial charge on any atom is -0.352 e. The summed E-state index contributed by atoms with van der Waals surface area (Å²) in [6, 6.07) is 0. The van der Waals surface area contributed by atoms with E-state index in [-0.39, 0.29) is 5.91 Å². The van der Waals surface area contributed by atoms with E-state index in [1.165, 1.54) is 0 Å². The summed E-state index contributed by atoms with van der Waals surface area (Å²) in [5, 5.41) is 7.34. The van der Waals surface area contributed by atoms with Crippen LogP contribution < -0.4 is 11.1 Å². The van der Waals surface area contributed by atoms with Gasteiger partial charge in [0, 0.05) is 18.8 Å². The average Bonchev–Trinajstić information content (AvgIpc) is 2.70. The number of amides is 1. The fourth-order valence-corrected chi connectivity index (χ4v) is 3.27. The molecule has 5 nitrogen and oxygen atoms in total. The number of rotatable bonds is 6. The monoisotopic (exact) mass is 292 g/mol. The van der Waals surface area contributed by atoms with Crippen LogP contribution in [0, 0.1) is 23.7 Å². The van der Waals surface area contributed by atoms with Gasteiger partial charge in [0.25, 0.3) is 5.91 Å².